The minimum Gasteiger partial charge on any atom is -0.478 e. The summed E-state index contributed by atoms with van der Waals surface area (Å²) in [7, 11) is 0. The third kappa shape index (κ3) is 2.39. The molecular formula is C16H22N2O2. The smallest absolute Gasteiger partial charge is 0.339 e. The molecule has 1 aromatic heterocycles. The van der Waals surface area contributed by atoms with Gasteiger partial charge < -0.3 is 10.0 Å². The van der Waals surface area contributed by atoms with Crippen LogP contribution in [0, 0.1) is 5.92 Å². The maximum Gasteiger partial charge on any atom is 0.339 e. The number of carboxylic acid groups (broad SMARTS) is 1. The van der Waals surface area contributed by atoms with E-state index in [1.165, 1.54) is 6.42 Å². The van der Waals surface area contributed by atoms with Crippen molar-refractivity contribution in [1.29, 1.82) is 0 Å². The van der Waals surface area contributed by atoms with Gasteiger partial charge in [-0.2, -0.15) is 0 Å². The van der Waals surface area contributed by atoms with Gasteiger partial charge in [0.1, 0.15) is 11.4 Å². The van der Waals surface area contributed by atoms with E-state index >= 15 is 0 Å². The van der Waals surface area contributed by atoms with Crippen LogP contribution in [-0.4, -0.2) is 29.1 Å². The second-order valence-corrected chi connectivity index (χ2v) is 5.99. The number of piperidine rings is 1. The molecular weight excluding hydrogens is 252 g/mol. The number of carboxylic acids is 1. The molecule has 1 aromatic rings. The Hall–Kier alpha value is -1.58. The highest BCUT2D eigenvalue weighted by atomic mass is 16.4. The first-order chi connectivity index (χ1) is 9.69. The summed E-state index contributed by atoms with van der Waals surface area (Å²) in [6.45, 7) is 4.09. The summed E-state index contributed by atoms with van der Waals surface area (Å²) >= 11 is 0. The number of hydrogen-bond donors (Lipinski definition) is 1. The lowest BCUT2D eigenvalue weighted by molar-refractivity contribution is 0.0697. The topological polar surface area (TPSA) is 53.4 Å². The van der Waals surface area contributed by atoms with Crippen LogP contribution in [0.4, 0.5) is 5.82 Å². The Bertz CT molecular complexity index is 527. The van der Waals surface area contributed by atoms with Gasteiger partial charge in [-0.15, -0.1) is 0 Å². The van der Waals surface area contributed by atoms with Gasteiger partial charge in [0.25, 0.3) is 0 Å². The predicted molar refractivity (Wildman–Crippen MR) is 78.4 cm³/mol. The van der Waals surface area contributed by atoms with E-state index in [-0.39, 0.29) is 0 Å². The van der Waals surface area contributed by atoms with E-state index in [0.29, 0.717) is 17.3 Å². The number of carbonyl (C=O) groups is 1. The molecule has 1 aliphatic carbocycles. The minimum absolute atomic E-state index is 0.391. The lowest BCUT2D eigenvalue weighted by atomic mass is 9.95. The van der Waals surface area contributed by atoms with Gasteiger partial charge in [-0.1, -0.05) is 13.3 Å². The Balaban J connectivity index is 1.97. The van der Waals surface area contributed by atoms with Crippen molar-refractivity contribution in [2.45, 2.75) is 45.4 Å². The van der Waals surface area contributed by atoms with Crippen molar-refractivity contribution in [3.63, 3.8) is 0 Å². The SMILES string of the molecule is CCC1CCCN(c2nc3c(cc2C(=O)O)CCC3)C1. The van der Waals surface area contributed by atoms with Crippen LogP contribution in [0.1, 0.15) is 54.2 Å². The Morgan fingerprint density at radius 2 is 2.30 bits per heavy atom. The van der Waals surface area contributed by atoms with Gasteiger partial charge in [-0.25, -0.2) is 9.78 Å². The van der Waals surface area contributed by atoms with Crippen molar-refractivity contribution in [2.75, 3.05) is 18.0 Å². The highest BCUT2D eigenvalue weighted by molar-refractivity contribution is 5.93. The Kier molecular flexibility index (Phi) is 3.64. The monoisotopic (exact) mass is 274 g/mol. The van der Waals surface area contributed by atoms with E-state index in [1.807, 2.05) is 6.07 Å². The molecule has 0 amide bonds. The number of aryl methyl sites for hydroxylation is 2. The van der Waals surface area contributed by atoms with E-state index in [4.69, 9.17) is 4.98 Å². The molecule has 0 aromatic carbocycles. The van der Waals surface area contributed by atoms with Crippen LogP contribution in [0.25, 0.3) is 0 Å². The summed E-state index contributed by atoms with van der Waals surface area (Å²) < 4.78 is 0. The van der Waals surface area contributed by atoms with Crippen LogP contribution in [-0.2, 0) is 12.8 Å². The molecule has 0 saturated carbocycles. The zero-order chi connectivity index (χ0) is 14.1. The van der Waals surface area contributed by atoms with Gasteiger partial charge in [0, 0.05) is 18.8 Å². The lowest BCUT2D eigenvalue weighted by Crippen LogP contribution is -2.37. The Morgan fingerprint density at radius 3 is 3.05 bits per heavy atom. The quantitative estimate of drug-likeness (QED) is 0.920. The van der Waals surface area contributed by atoms with Crippen molar-refractivity contribution < 1.29 is 9.90 Å². The Morgan fingerprint density at radius 1 is 1.45 bits per heavy atom. The Labute approximate surface area is 119 Å². The van der Waals surface area contributed by atoms with Gasteiger partial charge >= 0.3 is 5.97 Å². The molecule has 108 valence electrons. The zero-order valence-corrected chi connectivity index (χ0v) is 12.1. The molecule has 0 radical (unpaired) electrons. The first kappa shape index (κ1) is 13.4. The van der Waals surface area contributed by atoms with E-state index in [0.717, 1.165) is 56.5 Å². The number of rotatable bonds is 3. The van der Waals surface area contributed by atoms with Crippen molar-refractivity contribution in [3.05, 3.63) is 22.9 Å². The van der Waals surface area contributed by atoms with E-state index in [1.54, 1.807) is 0 Å². The lowest BCUT2D eigenvalue weighted by Gasteiger charge is -2.34. The van der Waals surface area contributed by atoms with Crippen molar-refractivity contribution in [1.82, 2.24) is 4.98 Å². The number of aromatic carboxylic acids is 1. The maximum absolute atomic E-state index is 11.5. The summed E-state index contributed by atoms with van der Waals surface area (Å²) in [4.78, 5) is 18.5. The molecule has 1 atom stereocenters. The number of hydrogen-bond acceptors (Lipinski definition) is 3. The fourth-order valence-electron chi connectivity index (χ4n) is 3.45. The van der Waals surface area contributed by atoms with Gasteiger partial charge in [0.2, 0.25) is 0 Å². The first-order valence-electron chi connectivity index (χ1n) is 7.70. The molecule has 0 spiro atoms. The molecule has 1 aliphatic heterocycles. The minimum atomic E-state index is -0.846. The largest absolute Gasteiger partial charge is 0.478 e. The molecule has 4 heteroatoms. The van der Waals surface area contributed by atoms with Gasteiger partial charge in [0.05, 0.1) is 0 Å². The van der Waals surface area contributed by atoms with Crippen molar-refractivity contribution in [3.8, 4) is 0 Å². The van der Waals surface area contributed by atoms with Crippen LogP contribution in [0.2, 0.25) is 0 Å². The molecule has 0 bridgehead atoms. The third-order valence-electron chi connectivity index (χ3n) is 4.66. The molecule has 1 fully saturated rings. The fraction of sp³-hybridized carbons (Fsp3) is 0.625. The standard InChI is InChI=1S/C16H22N2O2/c1-2-11-5-4-8-18(10-11)15-13(16(19)20)9-12-6-3-7-14(12)17-15/h9,11H,2-8,10H2,1H3,(H,19,20). The summed E-state index contributed by atoms with van der Waals surface area (Å²) in [5.74, 6) is 0.526. The summed E-state index contributed by atoms with van der Waals surface area (Å²) in [5.41, 5.74) is 2.64. The molecule has 2 heterocycles. The predicted octanol–water partition coefficient (Wildman–Crippen LogP) is 2.89. The van der Waals surface area contributed by atoms with Gasteiger partial charge in [-0.05, 0) is 49.7 Å². The summed E-state index contributed by atoms with van der Waals surface area (Å²) in [6.07, 6.45) is 6.61. The molecule has 1 unspecified atom stereocenters. The summed E-state index contributed by atoms with van der Waals surface area (Å²) in [6, 6.07) is 1.86. The molecule has 1 saturated heterocycles. The number of aromatic nitrogens is 1. The zero-order valence-electron chi connectivity index (χ0n) is 12.1. The molecule has 4 nitrogen and oxygen atoms in total. The van der Waals surface area contributed by atoms with E-state index in [9.17, 15) is 9.90 Å². The van der Waals surface area contributed by atoms with Crippen LogP contribution in [0.5, 0.6) is 0 Å². The highest BCUT2D eigenvalue weighted by Crippen LogP contribution is 2.30. The second kappa shape index (κ2) is 5.43. The number of anilines is 1. The number of nitrogens with zero attached hydrogens (tertiary/aromatic N) is 2. The molecule has 20 heavy (non-hydrogen) atoms. The maximum atomic E-state index is 11.5. The average molecular weight is 274 g/mol. The van der Waals surface area contributed by atoms with Crippen LogP contribution >= 0.6 is 0 Å². The molecule has 1 N–H and O–H groups in total. The first-order valence-corrected chi connectivity index (χ1v) is 7.70. The average Bonchev–Trinajstić information content (AvgIpc) is 2.93. The van der Waals surface area contributed by atoms with E-state index in [2.05, 4.69) is 11.8 Å². The summed E-state index contributed by atoms with van der Waals surface area (Å²) in [5, 5.41) is 9.48. The second-order valence-electron chi connectivity index (χ2n) is 5.99. The van der Waals surface area contributed by atoms with Crippen molar-refractivity contribution >= 4 is 11.8 Å². The highest BCUT2D eigenvalue weighted by Gasteiger charge is 2.26. The third-order valence-corrected chi connectivity index (χ3v) is 4.66. The fourth-order valence-corrected chi connectivity index (χ4v) is 3.45. The molecule has 2 aliphatic rings. The van der Waals surface area contributed by atoms with Gasteiger partial charge in [-0.3, -0.25) is 0 Å². The van der Waals surface area contributed by atoms with Crippen LogP contribution in [0.3, 0.4) is 0 Å². The number of pyridine rings is 1. The van der Waals surface area contributed by atoms with Gasteiger partial charge in [0.15, 0.2) is 0 Å². The normalized spacial score (nSPS) is 21.9. The van der Waals surface area contributed by atoms with E-state index < -0.39 is 5.97 Å². The van der Waals surface area contributed by atoms with Crippen LogP contribution < -0.4 is 4.90 Å². The molecule has 3 rings (SSSR count). The van der Waals surface area contributed by atoms with Crippen molar-refractivity contribution in [2.24, 2.45) is 5.92 Å². The van der Waals surface area contributed by atoms with Crippen LogP contribution in [0.15, 0.2) is 6.07 Å². The number of fused-ring (bicyclic) bond motifs is 1.